The van der Waals surface area contributed by atoms with Crippen LogP contribution in [0.5, 0.6) is 0 Å². The van der Waals surface area contributed by atoms with Gasteiger partial charge in [-0.05, 0) is 13.8 Å². The van der Waals surface area contributed by atoms with Crippen LogP contribution in [0, 0.1) is 0 Å². The summed E-state index contributed by atoms with van der Waals surface area (Å²) in [6, 6.07) is 0.420. The summed E-state index contributed by atoms with van der Waals surface area (Å²) in [6.45, 7) is 5.32. The fourth-order valence-corrected chi connectivity index (χ4v) is 2.37. The first-order chi connectivity index (χ1) is 4.70. The second-order valence-corrected chi connectivity index (χ2v) is 4.23. The first kappa shape index (κ1) is 8.45. The lowest BCUT2D eigenvalue weighted by molar-refractivity contribution is 0.711. The Balaban J connectivity index is 2.54. The lowest BCUT2D eigenvalue weighted by atomic mass is 10.4. The lowest BCUT2D eigenvalue weighted by Gasteiger charge is -2.12. The SMILES string of the molecule is CC(C)N=C1SCC[N]1[Al]. The number of thioether (sulfide) groups is 1. The molecule has 0 spiro atoms. The van der Waals surface area contributed by atoms with Crippen LogP contribution in [0.3, 0.4) is 0 Å². The summed E-state index contributed by atoms with van der Waals surface area (Å²) in [5.41, 5.74) is 0. The molecule has 0 aliphatic carbocycles. The topological polar surface area (TPSA) is 15.6 Å². The Hall–Kier alpha value is 0.352. The molecule has 0 bridgehead atoms. The number of aliphatic imine (C=N–C) groups is 1. The third-order valence-electron chi connectivity index (χ3n) is 1.18. The second kappa shape index (κ2) is 3.66. The van der Waals surface area contributed by atoms with E-state index in [0.29, 0.717) is 6.04 Å². The minimum Gasteiger partial charge on any atom is -0.459 e. The van der Waals surface area contributed by atoms with Gasteiger partial charge in [-0.15, -0.1) is 0 Å². The van der Waals surface area contributed by atoms with Crippen molar-refractivity contribution in [2.45, 2.75) is 19.9 Å². The first-order valence-electron chi connectivity index (χ1n) is 3.43. The van der Waals surface area contributed by atoms with Crippen LogP contribution in [-0.4, -0.2) is 43.9 Å². The molecule has 1 aliphatic rings. The van der Waals surface area contributed by atoms with Gasteiger partial charge in [0.2, 0.25) is 0 Å². The van der Waals surface area contributed by atoms with E-state index in [1.165, 1.54) is 10.9 Å². The molecule has 1 heterocycles. The molecule has 2 nitrogen and oxygen atoms in total. The van der Waals surface area contributed by atoms with E-state index in [1.807, 2.05) is 11.8 Å². The average molecular weight is 170 g/mol. The molecule has 0 aromatic carbocycles. The zero-order valence-electron chi connectivity index (χ0n) is 6.37. The van der Waals surface area contributed by atoms with E-state index < -0.39 is 0 Å². The van der Waals surface area contributed by atoms with Gasteiger partial charge in [0.25, 0.3) is 0 Å². The number of rotatable bonds is 1. The van der Waals surface area contributed by atoms with E-state index in [2.05, 4.69) is 39.2 Å². The highest BCUT2D eigenvalue weighted by atomic mass is 32.2. The molecule has 1 saturated heterocycles. The summed E-state index contributed by atoms with van der Waals surface area (Å²) < 4.78 is 2.13. The Morgan fingerprint density at radius 1 is 1.70 bits per heavy atom. The van der Waals surface area contributed by atoms with E-state index >= 15 is 0 Å². The van der Waals surface area contributed by atoms with Gasteiger partial charge in [-0.3, -0.25) is 4.99 Å². The highest BCUT2D eigenvalue weighted by molar-refractivity contribution is 8.14. The molecular formula is C6H11AlN2S. The number of hydrogen-bond acceptors (Lipinski definition) is 2. The highest BCUT2D eigenvalue weighted by Crippen LogP contribution is 2.15. The Morgan fingerprint density at radius 3 is 2.80 bits per heavy atom. The van der Waals surface area contributed by atoms with Gasteiger partial charge in [0.15, 0.2) is 0 Å². The summed E-state index contributed by atoms with van der Waals surface area (Å²) >= 11 is 4.52. The van der Waals surface area contributed by atoms with Crippen molar-refractivity contribution in [2.24, 2.45) is 4.99 Å². The summed E-state index contributed by atoms with van der Waals surface area (Å²) in [6.07, 6.45) is 0. The predicted molar refractivity (Wildman–Crippen MR) is 47.5 cm³/mol. The monoisotopic (exact) mass is 170 g/mol. The molecule has 1 rings (SSSR count). The largest absolute Gasteiger partial charge is 0.459 e. The van der Waals surface area contributed by atoms with Crippen molar-refractivity contribution in [1.29, 1.82) is 0 Å². The summed E-state index contributed by atoms with van der Waals surface area (Å²) in [7, 11) is 0. The maximum absolute atomic E-state index is 4.44. The molecule has 0 N–H and O–H groups in total. The van der Waals surface area contributed by atoms with Crippen LogP contribution in [-0.2, 0) is 0 Å². The van der Waals surface area contributed by atoms with Crippen molar-refractivity contribution in [2.75, 3.05) is 12.3 Å². The Bertz CT molecular complexity index is 147. The Labute approximate surface area is 74.7 Å². The van der Waals surface area contributed by atoms with Crippen LogP contribution in [0.1, 0.15) is 13.8 Å². The van der Waals surface area contributed by atoms with Gasteiger partial charge in [-0.25, -0.2) is 0 Å². The van der Waals surface area contributed by atoms with E-state index in [9.17, 15) is 0 Å². The van der Waals surface area contributed by atoms with E-state index in [4.69, 9.17) is 0 Å². The van der Waals surface area contributed by atoms with Gasteiger partial charge in [0.05, 0.1) is 0 Å². The third kappa shape index (κ3) is 2.19. The molecule has 0 amide bonds. The van der Waals surface area contributed by atoms with Crippen molar-refractivity contribution < 1.29 is 0 Å². The molecule has 4 heteroatoms. The molecular weight excluding hydrogens is 159 g/mol. The van der Waals surface area contributed by atoms with Crippen molar-refractivity contribution in [3.05, 3.63) is 0 Å². The van der Waals surface area contributed by atoms with E-state index in [0.717, 1.165) is 6.54 Å². The van der Waals surface area contributed by atoms with Gasteiger partial charge in [-0.1, -0.05) is 11.8 Å². The quantitative estimate of drug-likeness (QED) is 0.543. The van der Waals surface area contributed by atoms with Crippen molar-refractivity contribution in [1.82, 2.24) is 3.88 Å². The number of nitrogens with zero attached hydrogens (tertiary/aromatic N) is 2. The minimum absolute atomic E-state index is 0.420. The smallest absolute Gasteiger partial charge is 0.313 e. The molecule has 0 saturated carbocycles. The molecule has 10 heavy (non-hydrogen) atoms. The van der Waals surface area contributed by atoms with Crippen LogP contribution in [0.2, 0.25) is 0 Å². The maximum Gasteiger partial charge on any atom is 0.313 e. The van der Waals surface area contributed by atoms with Crippen molar-refractivity contribution >= 4 is 33.4 Å². The normalized spacial score (nSPS) is 23.1. The fourth-order valence-electron chi connectivity index (χ4n) is 0.746. The second-order valence-electron chi connectivity index (χ2n) is 2.55. The number of hydrogen-bond donors (Lipinski definition) is 0. The van der Waals surface area contributed by atoms with Crippen LogP contribution >= 0.6 is 11.8 Å². The van der Waals surface area contributed by atoms with E-state index in [1.54, 1.807) is 0 Å². The molecule has 54 valence electrons. The van der Waals surface area contributed by atoms with Crippen molar-refractivity contribution in [3.63, 3.8) is 0 Å². The molecule has 1 fully saturated rings. The molecule has 0 unspecified atom stereocenters. The van der Waals surface area contributed by atoms with Gasteiger partial charge in [0.1, 0.15) is 5.17 Å². The predicted octanol–water partition coefficient (Wildman–Crippen LogP) is 0.883. The van der Waals surface area contributed by atoms with Crippen LogP contribution in [0.25, 0.3) is 0 Å². The first-order valence-corrected chi connectivity index (χ1v) is 4.93. The summed E-state index contributed by atoms with van der Waals surface area (Å²) in [5, 5.41) is 1.17. The minimum atomic E-state index is 0.420. The van der Waals surface area contributed by atoms with Gasteiger partial charge in [0, 0.05) is 18.3 Å². The Kier molecular flexibility index (Phi) is 3.09. The molecule has 0 aromatic rings. The summed E-state index contributed by atoms with van der Waals surface area (Å²) in [4.78, 5) is 4.44. The standard InChI is InChI=1S/C6H11N2S.Al/c1-5(2)8-6-7-3-4-9-6;/h5H,3-4H2,1-2H3;/q-1;+1. The highest BCUT2D eigenvalue weighted by Gasteiger charge is 2.12. The fraction of sp³-hybridized carbons (Fsp3) is 0.833. The van der Waals surface area contributed by atoms with Crippen LogP contribution < -0.4 is 0 Å². The average Bonchev–Trinajstić information content (AvgIpc) is 2.15. The molecule has 0 atom stereocenters. The molecule has 1 aliphatic heterocycles. The Morgan fingerprint density at radius 2 is 2.40 bits per heavy atom. The third-order valence-corrected chi connectivity index (χ3v) is 2.85. The van der Waals surface area contributed by atoms with Gasteiger partial charge in [-0.2, -0.15) is 0 Å². The van der Waals surface area contributed by atoms with Crippen molar-refractivity contribution in [3.8, 4) is 0 Å². The summed E-state index contributed by atoms with van der Waals surface area (Å²) in [5.74, 6) is 1.18. The molecule has 2 radical (unpaired) electrons. The zero-order chi connectivity index (χ0) is 7.56. The van der Waals surface area contributed by atoms with Crippen LogP contribution in [0.15, 0.2) is 4.99 Å². The van der Waals surface area contributed by atoms with E-state index in [-0.39, 0.29) is 0 Å². The maximum atomic E-state index is 4.44. The van der Waals surface area contributed by atoms with Gasteiger partial charge < -0.3 is 3.88 Å². The van der Waals surface area contributed by atoms with Gasteiger partial charge >= 0.3 is 16.5 Å². The van der Waals surface area contributed by atoms with Crippen LogP contribution in [0.4, 0.5) is 0 Å². The number of amidine groups is 1. The zero-order valence-corrected chi connectivity index (χ0v) is 8.34. The molecule has 0 aromatic heterocycles. The lowest BCUT2D eigenvalue weighted by Crippen LogP contribution is -2.21.